The molecule has 1 saturated heterocycles. The Morgan fingerprint density at radius 3 is 2.64 bits per heavy atom. The molecule has 0 aromatic rings. The summed E-state index contributed by atoms with van der Waals surface area (Å²) in [7, 11) is 0. The topological polar surface area (TPSA) is 12.5 Å². The molecule has 1 aliphatic rings. The first-order valence-corrected chi connectivity index (χ1v) is 4.12. The first-order chi connectivity index (χ1) is 5.22. The van der Waals surface area contributed by atoms with Crippen LogP contribution in [-0.4, -0.2) is 43.0 Å². The molecule has 0 saturated carbocycles. The van der Waals surface area contributed by atoms with E-state index in [0.717, 1.165) is 12.3 Å². The summed E-state index contributed by atoms with van der Waals surface area (Å²) in [4.78, 5) is 2.03. The second-order valence-corrected chi connectivity index (χ2v) is 2.95. The number of rotatable bonds is 4. The molecule has 0 spiro atoms. The van der Waals surface area contributed by atoms with Gasteiger partial charge in [-0.2, -0.15) is 21.4 Å². The second kappa shape index (κ2) is 4.23. The van der Waals surface area contributed by atoms with E-state index in [4.69, 9.17) is 0 Å². The smallest absolute Gasteiger partial charge is 0.317 e. The van der Waals surface area contributed by atoms with E-state index in [1.165, 1.54) is 0 Å². The van der Waals surface area contributed by atoms with Crippen LogP contribution in [0, 0.1) is 0 Å². The molecule has 1 aliphatic heterocycles. The second-order valence-electron chi connectivity index (χ2n) is 2.50. The predicted molar refractivity (Wildman–Crippen MR) is 41.2 cm³/mol. The lowest BCUT2D eigenvalue weighted by atomic mass is 10.2. The molecule has 0 radical (unpaired) electrons. The van der Waals surface area contributed by atoms with Crippen LogP contribution >= 0.6 is 12.6 Å². The minimum absolute atomic E-state index is 0.269. The fraction of sp³-hybridized carbons (Fsp3) is 1.00. The van der Waals surface area contributed by atoms with Crippen molar-refractivity contribution in [1.29, 1.82) is 0 Å². The van der Waals surface area contributed by atoms with Crippen molar-refractivity contribution in [1.82, 2.24) is 4.90 Å². The van der Waals surface area contributed by atoms with E-state index in [1.807, 2.05) is 4.90 Å². The number of hydrogen-bond acceptors (Lipinski definition) is 3. The molecule has 0 N–H and O–H groups in total. The molecular weight excluding hydrogens is 172 g/mol. The molecule has 2 nitrogen and oxygen atoms in total. The SMILES string of the molecule is FC(F)OC1CN(CCS)C1. The number of ether oxygens (including phenoxy) is 1. The third-order valence-electron chi connectivity index (χ3n) is 1.64. The van der Waals surface area contributed by atoms with Gasteiger partial charge in [-0.1, -0.05) is 0 Å². The van der Waals surface area contributed by atoms with E-state index in [1.54, 1.807) is 0 Å². The first-order valence-electron chi connectivity index (χ1n) is 3.49. The molecule has 0 unspecified atom stereocenters. The number of nitrogens with zero attached hydrogens (tertiary/aromatic N) is 1. The minimum Gasteiger partial charge on any atom is -0.317 e. The van der Waals surface area contributed by atoms with Gasteiger partial charge >= 0.3 is 6.61 Å². The zero-order chi connectivity index (χ0) is 8.27. The van der Waals surface area contributed by atoms with Gasteiger partial charge in [-0.15, -0.1) is 0 Å². The van der Waals surface area contributed by atoms with Crippen molar-refractivity contribution in [2.75, 3.05) is 25.4 Å². The maximum atomic E-state index is 11.6. The molecule has 1 heterocycles. The summed E-state index contributed by atoms with van der Waals surface area (Å²) in [5.74, 6) is 0.765. The van der Waals surface area contributed by atoms with Crippen LogP contribution < -0.4 is 0 Å². The maximum absolute atomic E-state index is 11.6. The molecule has 66 valence electrons. The van der Waals surface area contributed by atoms with Crippen molar-refractivity contribution in [3.05, 3.63) is 0 Å². The molecule has 5 heteroatoms. The Kier molecular flexibility index (Phi) is 3.54. The van der Waals surface area contributed by atoms with Gasteiger partial charge in [0.15, 0.2) is 0 Å². The van der Waals surface area contributed by atoms with E-state index in [-0.39, 0.29) is 6.10 Å². The lowest BCUT2D eigenvalue weighted by Crippen LogP contribution is -2.53. The van der Waals surface area contributed by atoms with Gasteiger partial charge < -0.3 is 4.74 Å². The lowest BCUT2D eigenvalue weighted by Gasteiger charge is -2.38. The molecule has 0 atom stereocenters. The summed E-state index contributed by atoms with van der Waals surface area (Å²) in [6.07, 6.45) is -0.269. The van der Waals surface area contributed by atoms with Gasteiger partial charge in [0.05, 0.1) is 6.10 Å². The zero-order valence-corrected chi connectivity index (χ0v) is 6.94. The molecule has 0 bridgehead atoms. The van der Waals surface area contributed by atoms with Crippen LogP contribution in [0.1, 0.15) is 0 Å². The number of halogens is 2. The highest BCUT2D eigenvalue weighted by Gasteiger charge is 2.28. The van der Waals surface area contributed by atoms with E-state index >= 15 is 0 Å². The summed E-state index contributed by atoms with van der Waals surface area (Å²) in [6, 6.07) is 0. The summed E-state index contributed by atoms with van der Waals surface area (Å²) in [5.41, 5.74) is 0. The molecule has 0 aromatic carbocycles. The molecule has 0 amide bonds. The van der Waals surface area contributed by atoms with Gasteiger partial charge in [0.1, 0.15) is 0 Å². The summed E-state index contributed by atoms with van der Waals surface area (Å²) in [5, 5.41) is 0. The van der Waals surface area contributed by atoms with Gasteiger partial charge in [0.25, 0.3) is 0 Å². The van der Waals surface area contributed by atoms with Crippen LogP contribution in [-0.2, 0) is 4.74 Å². The average Bonchev–Trinajstić information content (AvgIpc) is 1.82. The highest BCUT2D eigenvalue weighted by Crippen LogP contribution is 2.13. The molecule has 1 fully saturated rings. The molecule has 0 aromatic heterocycles. The Bertz CT molecular complexity index is 119. The van der Waals surface area contributed by atoms with Crippen LogP contribution in [0.3, 0.4) is 0 Å². The van der Waals surface area contributed by atoms with Crippen molar-refractivity contribution in [3.63, 3.8) is 0 Å². The quantitative estimate of drug-likeness (QED) is 0.648. The van der Waals surface area contributed by atoms with Crippen LogP contribution in [0.25, 0.3) is 0 Å². The first kappa shape index (κ1) is 9.22. The zero-order valence-electron chi connectivity index (χ0n) is 6.04. The van der Waals surface area contributed by atoms with E-state index in [9.17, 15) is 8.78 Å². The minimum atomic E-state index is -2.63. The van der Waals surface area contributed by atoms with Crippen molar-refractivity contribution >= 4 is 12.6 Å². The lowest BCUT2D eigenvalue weighted by molar-refractivity contribution is -0.195. The van der Waals surface area contributed by atoms with Gasteiger partial charge in [0.2, 0.25) is 0 Å². The van der Waals surface area contributed by atoms with Gasteiger partial charge in [0, 0.05) is 25.4 Å². The Hall–Kier alpha value is 0.130. The van der Waals surface area contributed by atoms with Crippen LogP contribution in [0.2, 0.25) is 0 Å². The normalized spacial score (nSPS) is 20.7. The fourth-order valence-corrected chi connectivity index (χ4v) is 1.36. The summed E-state index contributed by atoms with van der Waals surface area (Å²) >= 11 is 4.02. The van der Waals surface area contributed by atoms with Crippen molar-refractivity contribution in [3.8, 4) is 0 Å². The van der Waals surface area contributed by atoms with E-state index < -0.39 is 6.61 Å². The third kappa shape index (κ3) is 2.92. The van der Waals surface area contributed by atoms with E-state index in [2.05, 4.69) is 17.4 Å². The largest absolute Gasteiger partial charge is 0.345 e. The van der Waals surface area contributed by atoms with Crippen LogP contribution in [0.15, 0.2) is 0 Å². The van der Waals surface area contributed by atoms with Crippen LogP contribution in [0.4, 0.5) is 8.78 Å². The molecular formula is C6H11F2NOS. The number of thiol groups is 1. The van der Waals surface area contributed by atoms with Crippen molar-refractivity contribution < 1.29 is 13.5 Å². The molecule has 0 aliphatic carbocycles. The molecule has 1 rings (SSSR count). The number of alkyl halides is 2. The summed E-state index contributed by atoms with van der Waals surface area (Å²) < 4.78 is 27.4. The van der Waals surface area contributed by atoms with Crippen molar-refractivity contribution in [2.45, 2.75) is 12.7 Å². The van der Waals surface area contributed by atoms with Crippen LogP contribution in [0.5, 0.6) is 0 Å². The number of likely N-dealkylation sites (tertiary alicyclic amines) is 1. The van der Waals surface area contributed by atoms with Crippen molar-refractivity contribution in [2.24, 2.45) is 0 Å². The standard InChI is InChI=1S/C6H11F2NOS/c7-6(8)10-5-3-9(4-5)1-2-11/h5-6,11H,1-4H2. The van der Waals surface area contributed by atoms with E-state index in [0.29, 0.717) is 13.1 Å². The maximum Gasteiger partial charge on any atom is 0.345 e. The van der Waals surface area contributed by atoms with Gasteiger partial charge in [-0.05, 0) is 0 Å². The predicted octanol–water partition coefficient (Wildman–Crippen LogP) is 0.840. The average molecular weight is 183 g/mol. The monoisotopic (exact) mass is 183 g/mol. The molecule has 11 heavy (non-hydrogen) atoms. The summed E-state index contributed by atoms with van der Waals surface area (Å²) in [6.45, 7) is -0.541. The highest BCUT2D eigenvalue weighted by atomic mass is 32.1. The Morgan fingerprint density at radius 2 is 2.18 bits per heavy atom. The Labute approximate surface area is 69.9 Å². The highest BCUT2D eigenvalue weighted by molar-refractivity contribution is 7.80. The fourth-order valence-electron chi connectivity index (χ4n) is 1.08. The third-order valence-corrected chi connectivity index (χ3v) is 1.84. The Balaban J connectivity index is 2.00. The Morgan fingerprint density at radius 1 is 1.55 bits per heavy atom. The van der Waals surface area contributed by atoms with Gasteiger partial charge in [-0.3, -0.25) is 4.90 Å². The number of hydrogen-bond donors (Lipinski definition) is 1. The van der Waals surface area contributed by atoms with Gasteiger partial charge in [-0.25, -0.2) is 0 Å².